The minimum Gasteiger partial charge on any atom is -0.469 e. The minimum atomic E-state index is -0.894. The van der Waals surface area contributed by atoms with E-state index in [0.29, 0.717) is 30.5 Å². The van der Waals surface area contributed by atoms with Crippen LogP contribution in [0.5, 0.6) is 0 Å². The van der Waals surface area contributed by atoms with Gasteiger partial charge in [0.1, 0.15) is 5.82 Å². The summed E-state index contributed by atoms with van der Waals surface area (Å²) in [7, 11) is 1.32. The number of aromatic nitrogens is 1. The third-order valence-corrected chi connectivity index (χ3v) is 4.16. The van der Waals surface area contributed by atoms with Crippen molar-refractivity contribution in [2.75, 3.05) is 7.11 Å². The summed E-state index contributed by atoms with van der Waals surface area (Å²) in [6.45, 7) is 2.11. The molecule has 26 heavy (non-hydrogen) atoms. The van der Waals surface area contributed by atoms with Crippen LogP contribution in [-0.2, 0) is 9.53 Å². The number of carbonyl (C=O) groups is 1. The second-order valence-corrected chi connectivity index (χ2v) is 6.40. The lowest BCUT2D eigenvalue weighted by Crippen LogP contribution is -2.07. The van der Waals surface area contributed by atoms with Crippen LogP contribution in [0.2, 0.25) is 0 Å². The van der Waals surface area contributed by atoms with E-state index in [2.05, 4.69) is 16.6 Å². The van der Waals surface area contributed by atoms with Crippen molar-refractivity contribution in [3.8, 4) is 0 Å². The molecule has 5 nitrogen and oxygen atoms in total. The topological polar surface area (TPSA) is 79.7 Å². The number of aliphatic hydroxyl groups excluding tert-OH is 2. The van der Waals surface area contributed by atoms with Crippen LogP contribution >= 0.6 is 0 Å². The molecule has 1 aromatic heterocycles. The van der Waals surface area contributed by atoms with E-state index in [4.69, 9.17) is 0 Å². The van der Waals surface area contributed by atoms with Crippen LogP contribution in [0.1, 0.15) is 75.7 Å². The van der Waals surface area contributed by atoms with Gasteiger partial charge in [-0.25, -0.2) is 4.39 Å². The van der Waals surface area contributed by atoms with Crippen LogP contribution < -0.4 is 0 Å². The number of carbonyl (C=O) groups excluding carboxylic acids is 1. The molecule has 0 aliphatic carbocycles. The summed E-state index contributed by atoms with van der Waals surface area (Å²) < 4.78 is 18.1. The van der Waals surface area contributed by atoms with Gasteiger partial charge in [-0.1, -0.05) is 38.3 Å². The van der Waals surface area contributed by atoms with Crippen molar-refractivity contribution in [1.82, 2.24) is 4.98 Å². The molecular weight excluding hydrogens is 337 g/mol. The molecule has 0 fully saturated rings. The van der Waals surface area contributed by atoms with Crippen LogP contribution in [0.3, 0.4) is 0 Å². The lowest BCUT2D eigenvalue weighted by Gasteiger charge is -2.13. The Morgan fingerprint density at radius 1 is 1.31 bits per heavy atom. The Morgan fingerprint density at radius 3 is 2.77 bits per heavy atom. The number of esters is 1. The fourth-order valence-electron chi connectivity index (χ4n) is 2.66. The summed E-state index contributed by atoms with van der Waals surface area (Å²) in [5.74, 6) is -0.819. The first kappa shape index (κ1) is 22.3. The second kappa shape index (κ2) is 12.5. The average Bonchev–Trinajstić information content (AvgIpc) is 2.61. The van der Waals surface area contributed by atoms with E-state index < -0.39 is 18.0 Å². The van der Waals surface area contributed by atoms with E-state index in [1.54, 1.807) is 12.2 Å². The zero-order valence-corrected chi connectivity index (χ0v) is 15.7. The monoisotopic (exact) mass is 367 g/mol. The van der Waals surface area contributed by atoms with E-state index >= 15 is 0 Å². The van der Waals surface area contributed by atoms with Gasteiger partial charge in [-0.2, -0.15) is 0 Å². The number of nitrogens with zero attached hydrogens (tertiary/aromatic N) is 1. The summed E-state index contributed by atoms with van der Waals surface area (Å²) >= 11 is 0. The average molecular weight is 367 g/mol. The molecule has 2 atom stereocenters. The number of pyridine rings is 1. The SMILES string of the molecule is CCCCCC(O)C/C=C/c1cc(F)cnc1C(O)CCCC(=O)OC. The van der Waals surface area contributed by atoms with Crippen molar-refractivity contribution in [1.29, 1.82) is 0 Å². The predicted molar refractivity (Wildman–Crippen MR) is 98.8 cm³/mol. The molecule has 0 saturated heterocycles. The number of halogens is 1. The summed E-state index contributed by atoms with van der Waals surface area (Å²) in [4.78, 5) is 15.1. The Labute approximate surface area is 154 Å². The summed E-state index contributed by atoms with van der Waals surface area (Å²) in [6, 6.07) is 1.31. The summed E-state index contributed by atoms with van der Waals surface area (Å²) in [5.41, 5.74) is 0.851. The molecule has 0 radical (unpaired) electrons. The maximum Gasteiger partial charge on any atom is 0.305 e. The van der Waals surface area contributed by atoms with Crippen LogP contribution in [0.4, 0.5) is 4.39 Å². The summed E-state index contributed by atoms with van der Waals surface area (Å²) in [6.07, 6.45) is 8.58. The maximum absolute atomic E-state index is 13.5. The molecule has 0 aromatic carbocycles. The van der Waals surface area contributed by atoms with E-state index in [0.717, 1.165) is 31.9 Å². The molecule has 0 amide bonds. The first-order valence-corrected chi connectivity index (χ1v) is 9.22. The first-order valence-electron chi connectivity index (χ1n) is 9.22. The molecular formula is C20H30FNO4. The van der Waals surface area contributed by atoms with E-state index in [1.165, 1.54) is 13.2 Å². The van der Waals surface area contributed by atoms with Gasteiger partial charge in [0.05, 0.1) is 31.2 Å². The fourth-order valence-corrected chi connectivity index (χ4v) is 2.66. The van der Waals surface area contributed by atoms with Gasteiger partial charge in [0.25, 0.3) is 0 Å². The number of unbranched alkanes of at least 4 members (excludes halogenated alkanes) is 2. The number of aliphatic hydroxyl groups is 2. The normalized spacial score (nSPS) is 13.7. The molecule has 1 rings (SSSR count). The Balaban J connectivity index is 2.65. The van der Waals surface area contributed by atoms with Crippen LogP contribution in [0, 0.1) is 5.82 Å². The van der Waals surface area contributed by atoms with Gasteiger partial charge < -0.3 is 14.9 Å². The number of ether oxygens (including phenoxy) is 1. The lowest BCUT2D eigenvalue weighted by molar-refractivity contribution is -0.140. The Bertz CT molecular complexity index is 577. The fraction of sp³-hybridized carbons (Fsp3) is 0.600. The van der Waals surface area contributed by atoms with Crippen molar-refractivity contribution in [2.45, 2.75) is 70.5 Å². The minimum absolute atomic E-state index is 0.212. The maximum atomic E-state index is 13.5. The molecule has 2 unspecified atom stereocenters. The highest BCUT2D eigenvalue weighted by atomic mass is 19.1. The van der Waals surface area contributed by atoms with Crippen molar-refractivity contribution >= 4 is 12.0 Å². The van der Waals surface area contributed by atoms with Gasteiger partial charge in [0, 0.05) is 12.0 Å². The van der Waals surface area contributed by atoms with Gasteiger partial charge >= 0.3 is 5.97 Å². The zero-order chi connectivity index (χ0) is 19.4. The van der Waals surface area contributed by atoms with Crippen LogP contribution in [-0.4, -0.2) is 34.4 Å². The number of hydrogen-bond acceptors (Lipinski definition) is 5. The van der Waals surface area contributed by atoms with Gasteiger partial charge in [0.15, 0.2) is 0 Å². The van der Waals surface area contributed by atoms with Gasteiger partial charge in [0.2, 0.25) is 0 Å². The molecule has 2 N–H and O–H groups in total. The zero-order valence-electron chi connectivity index (χ0n) is 15.7. The van der Waals surface area contributed by atoms with E-state index in [-0.39, 0.29) is 12.4 Å². The van der Waals surface area contributed by atoms with Crippen LogP contribution in [0.25, 0.3) is 6.08 Å². The van der Waals surface area contributed by atoms with Crippen LogP contribution in [0.15, 0.2) is 18.3 Å². The molecule has 1 aromatic rings. The van der Waals surface area contributed by atoms with Gasteiger partial charge in [-0.15, -0.1) is 0 Å². The second-order valence-electron chi connectivity index (χ2n) is 6.40. The smallest absolute Gasteiger partial charge is 0.305 e. The lowest BCUT2D eigenvalue weighted by atomic mass is 10.0. The highest BCUT2D eigenvalue weighted by Crippen LogP contribution is 2.23. The molecule has 0 aliphatic rings. The highest BCUT2D eigenvalue weighted by Gasteiger charge is 2.14. The standard InChI is InChI=1S/C20H30FNO4/c1-3-4-5-9-17(23)10-6-8-15-13-16(21)14-22-20(15)18(24)11-7-12-19(25)26-2/h6,8,13-14,17-18,23-24H,3-5,7,9-12H2,1-2H3/b8-6+. The molecule has 6 heteroatoms. The molecule has 1 heterocycles. The van der Waals surface area contributed by atoms with Gasteiger partial charge in [-0.3, -0.25) is 9.78 Å². The predicted octanol–water partition coefficient (Wildman–Crippen LogP) is 3.94. The molecule has 0 saturated carbocycles. The summed E-state index contributed by atoms with van der Waals surface area (Å²) in [5, 5.41) is 20.3. The third-order valence-electron chi connectivity index (χ3n) is 4.16. The Morgan fingerprint density at radius 2 is 2.08 bits per heavy atom. The van der Waals surface area contributed by atoms with Gasteiger partial charge in [-0.05, 0) is 31.7 Å². The quantitative estimate of drug-likeness (QED) is 0.432. The number of methoxy groups -OCH3 is 1. The van der Waals surface area contributed by atoms with E-state index in [9.17, 15) is 19.4 Å². The van der Waals surface area contributed by atoms with Crippen molar-refractivity contribution in [2.24, 2.45) is 0 Å². The Hall–Kier alpha value is -1.79. The third kappa shape index (κ3) is 8.54. The Kier molecular flexibility index (Phi) is 10.7. The largest absolute Gasteiger partial charge is 0.469 e. The molecule has 0 bridgehead atoms. The number of hydrogen-bond donors (Lipinski definition) is 2. The number of rotatable bonds is 12. The van der Waals surface area contributed by atoms with Crippen molar-refractivity contribution in [3.05, 3.63) is 35.4 Å². The highest BCUT2D eigenvalue weighted by molar-refractivity contribution is 5.69. The van der Waals surface area contributed by atoms with Crippen molar-refractivity contribution in [3.63, 3.8) is 0 Å². The van der Waals surface area contributed by atoms with Crippen molar-refractivity contribution < 1.29 is 24.1 Å². The van der Waals surface area contributed by atoms with E-state index in [1.807, 2.05) is 0 Å². The molecule has 0 spiro atoms. The molecule has 0 aliphatic heterocycles. The molecule has 146 valence electrons. The first-order chi connectivity index (χ1) is 12.5.